The summed E-state index contributed by atoms with van der Waals surface area (Å²) in [7, 11) is 0. The predicted molar refractivity (Wildman–Crippen MR) is 74.9 cm³/mol. The molecule has 0 N–H and O–H groups in total. The fourth-order valence-electron chi connectivity index (χ4n) is 2.31. The Labute approximate surface area is 123 Å². The standard InChI is InChI=1S/C14H10ClF2N3O/c15-10-1-2-11-9(8-21)6-19(12(11)5-10)7-13-18-3-4-20(13)14(16)17/h1-6,8,14H,7H2. The van der Waals surface area contributed by atoms with Gasteiger partial charge in [0.1, 0.15) is 5.82 Å². The lowest BCUT2D eigenvalue weighted by atomic mass is 10.2. The lowest BCUT2D eigenvalue weighted by Crippen LogP contribution is -2.08. The van der Waals surface area contributed by atoms with Crippen molar-refractivity contribution in [2.75, 3.05) is 0 Å². The van der Waals surface area contributed by atoms with Gasteiger partial charge in [0.25, 0.3) is 0 Å². The van der Waals surface area contributed by atoms with E-state index in [9.17, 15) is 13.6 Å². The van der Waals surface area contributed by atoms with Crippen molar-refractivity contribution >= 4 is 28.8 Å². The summed E-state index contributed by atoms with van der Waals surface area (Å²) >= 11 is 5.96. The predicted octanol–water partition coefficient (Wildman–Crippen LogP) is 3.75. The van der Waals surface area contributed by atoms with Crippen molar-refractivity contribution in [3.8, 4) is 0 Å². The van der Waals surface area contributed by atoms with Gasteiger partial charge < -0.3 is 4.57 Å². The SMILES string of the molecule is O=Cc1cn(Cc2nccn2C(F)F)c2cc(Cl)ccc12. The summed E-state index contributed by atoms with van der Waals surface area (Å²) in [5, 5.41) is 1.24. The van der Waals surface area contributed by atoms with Crippen LogP contribution in [0, 0.1) is 0 Å². The van der Waals surface area contributed by atoms with Gasteiger partial charge in [-0.3, -0.25) is 9.36 Å². The first-order chi connectivity index (χ1) is 10.1. The Morgan fingerprint density at radius 1 is 1.38 bits per heavy atom. The number of carbonyl (C=O) groups is 1. The number of benzene rings is 1. The molecule has 0 unspecified atom stereocenters. The Kier molecular flexibility index (Phi) is 3.47. The zero-order chi connectivity index (χ0) is 15.0. The Morgan fingerprint density at radius 3 is 2.90 bits per heavy atom. The summed E-state index contributed by atoms with van der Waals surface area (Å²) in [5.74, 6) is 0.208. The molecule has 3 aromatic rings. The number of aldehydes is 1. The summed E-state index contributed by atoms with van der Waals surface area (Å²) in [6.07, 6.45) is 4.88. The highest BCUT2D eigenvalue weighted by atomic mass is 35.5. The minimum atomic E-state index is -2.65. The third-order valence-corrected chi connectivity index (χ3v) is 3.51. The van der Waals surface area contributed by atoms with E-state index in [-0.39, 0.29) is 12.4 Å². The maximum atomic E-state index is 12.8. The van der Waals surface area contributed by atoms with Crippen molar-refractivity contribution in [2.45, 2.75) is 13.1 Å². The summed E-state index contributed by atoms with van der Waals surface area (Å²) in [6, 6.07) is 5.11. The largest absolute Gasteiger partial charge is 0.339 e. The fraction of sp³-hybridized carbons (Fsp3) is 0.143. The lowest BCUT2D eigenvalue weighted by molar-refractivity contribution is 0.0667. The molecule has 4 nitrogen and oxygen atoms in total. The number of imidazole rings is 1. The summed E-state index contributed by atoms with van der Waals surface area (Å²) in [6.45, 7) is -2.53. The molecule has 0 fully saturated rings. The van der Waals surface area contributed by atoms with E-state index in [0.29, 0.717) is 16.1 Å². The van der Waals surface area contributed by atoms with E-state index in [4.69, 9.17) is 11.6 Å². The van der Waals surface area contributed by atoms with E-state index in [1.807, 2.05) is 0 Å². The molecule has 7 heteroatoms. The topological polar surface area (TPSA) is 39.8 Å². The average molecular weight is 310 g/mol. The fourth-order valence-corrected chi connectivity index (χ4v) is 2.48. The highest BCUT2D eigenvalue weighted by Crippen LogP contribution is 2.25. The van der Waals surface area contributed by atoms with Crippen LogP contribution < -0.4 is 0 Å². The van der Waals surface area contributed by atoms with E-state index in [1.165, 1.54) is 12.4 Å². The van der Waals surface area contributed by atoms with Crippen LogP contribution in [0.5, 0.6) is 0 Å². The molecule has 0 bridgehead atoms. The van der Waals surface area contributed by atoms with Gasteiger partial charge in [0.05, 0.1) is 12.1 Å². The van der Waals surface area contributed by atoms with E-state index in [2.05, 4.69) is 4.98 Å². The van der Waals surface area contributed by atoms with Gasteiger partial charge in [-0.1, -0.05) is 17.7 Å². The molecular weight excluding hydrogens is 300 g/mol. The van der Waals surface area contributed by atoms with Crippen LogP contribution in [0.15, 0.2) is 36.8 Å². The summed E-state index contributed by atoms with van der Waals surface area (Å²) < 4.78 is 28.2. The van der Waals surface area contributed by atoms with Crippen LogP contribution in [0.25, 0.3) is 10.9 Å². The molecule has 0 radical (unpaired) electrons. The molecule has 1 aromatic carbocycles. The van der Waals surface area contributed by atoms with Gasteiger partial charge in [0.2, 0.25) is 0 Å². The number of rotatable bonds is 4. The molecule has 0 amide bonds. The maximum absolute atomic E-state index is 12.8. The van der Waals surface area contributed by atoms with Crippen LogP contribution >= 0.6 is 11.6 Å². The van der Waals surface area contributed by atoms with Gasteiger partial charge in [-0.15, -0.1) is 0 Å². The lowest BCUT2D eigenvalue weighted by Gasteiger charge is -2.08. The number of aromatic nitrogens is 3. The second-order valence-electron chi connectivity index (χ2n) is 4.52. The van der Waals surface area contributed by atoms with E-state index in [0.717, 1.165) is 16.2 Å². The van der Waals surface area contributed by atoms with Crippen LogP contribution in [-0.2, 0) is 6.54 Å². The smallest absolute Gasteiger partial charge is 0.319 e. The molecule has 2 aromatic heterocycles. The number of hydrogen-bond acceptors (Lipinski definition) is 2. The zero-order valence-electron chi connectivity index (χ0n) is 10.7. The molecular formula is C14H10ClF2N3O. The van der Waals surface area contributed by atoms with Crippen molar-refractivity contribution in [3.05, 3.63) is 53.2 Å². The Morgan fingerprint density at radius 2 is 2.19 bits per heavy atom. The number of alkyl halides is 2. The van der Waals surface area contributed by atoms with Gasteiger partial charge in [0.15, 0.2) is 6.29 Å². The molecule has 3 rings (SSSR count). The van der Waals surface area contributed by atoms with Crippen LogP contribution in [0.4, 0.5) is 8.78 Å². The quantitative estimate of drug-likeness (QED) is 0.689. The number of fused-ring (bicyclic) bond motifs is 1. The molecule has 0 saturated carbocycles. The molecule has 0 aliphatic carbocycles. The van der Waals surface area contributed by atoms with Gasteiger partial charge in [-0.05, 0) is 12.1 Å². The normalized spacial score (nSPS) is 11.4. The highest BCUT2D eigenvalue weighted by molar-refractivity contribution is 6.31. The molecule has 21 heavy (non-hydrogen) atoms. The van der Waals surface area contributed by atoms with Gasteiger partial charge in [-0.25, -0.2) is 4.98 Å². The minimum absolute atomic E-state index is 0.127. The molecule has 0 saturated heterocycles. The number of carbonyl (C=O) groups excluding carboxylic acids is 1. The third-order valence-electron chi connectivity index (χ3n) is 3.27. The number of nitrogens with zero attached hydrogens (tertiary/aromatic N) is 3. The molecule has 0 aliphatic rings. The molecule has 0 aliphatic heterocycles. The number of hydrogen-bond donors (Lipinski definition) is 0. The van der Waals surface area contributed by atoms with Crippen molar-refractivity contribution in [3.63, 3.8) is 0 Å². The Hall–Kier alpha value is -2.21. The first kappa shape index (κ1) is 13.8. The van der Waals surface area contributed by atoms with Crippen molar-refractivity contribution in [1.29, 1.82) is 0 Å². The van der Waals surface area contributed by atoms with Crippen molar-refractivity contribution < 1.29 is 13.6 Å². The third kappa shape index (κ3) is 2.42. The molecule has 2 heterocycles. The first-order valence-corrected chi connectivity index (χ1v) is 6.51. The first-order valence-electron chi connectivity index (χ1n) is 6.13. The van der Waals surface area contributed by atoms with Gasteiger partial charge in [-0.2, -0.15) is 8.78 Å². The van der Waals surface area contributed by atoms with Crippen molar-refractivity contribution in [1.82, 2.24) is 14.1 Å². The summed E-state index contributed by atoms with van der Waals surface area (Å²) in [4.78, 5) is 15.0. The second-order valence-corrected chi connectivity index (χ2v) is 4.96. The van der Waals surface area contributed by atoms with Gasteiger partial charge in [0, 0.05) is 34.6 Å². The van der Waals surface area contributed by atoms with Crippen LogP contribution in [0.2, 0.25) is 5.02 Å². The van der Waals surface area contributed by atoms with Crippen LogP contribution in [0.1, 0.15) is 22.7 Å². The monoisotopic (exact) mass is 309 g/mol. The zero-order valence-corrected chi connectivity index (χ0v) is 11.5. The number of halogens is 3. The second kappa shape index (κ2) is 5.29. The van der Waals surface area contributed by atoms with Crippen molar-refractivity contribution in [2.24, 2.45) is 0 Å². The molecule has 108 valence electrons. The molecule has 0 spiro atoms. The van der Waals surface area contributed by atoms with Crippen LogP contribution in [-0.4, -0.2) is 20.4 Å². The maximum Gasteiger partial charge on any atom is 0.319 e. The van der Waals surface area contributed by atoms with E-state index in [1.54, 1.807) is 29.0 Å². The summed E-state index contributed by atoms with van der Waals surface area (Å²) in [5.41, 5.74) is 1.19. The van der Waals surface area contributed by atoms with E-state index < -0.39 is 6.55 Å². The Bertz CT molecular complexity index is 810. The Balaban J connectivity index is 2.10. The van der Waals surface area contributed by atoms with Crippen LogP contribution in [0.3, 0.4) is 0 Å². The average Bonchev–Trinajstić information content (AvgIpc) is 3.04. The minimum Gasteiger partial charge on any atom is -0.339 e. The highest BCUT2D eigenvalue weighted by Gasteiger charge is 2.14. The molecule has 0 atom stereocenters. The van der Waals surface area contributed by atoms with Gasteiger partial charge >= 0.3 is 6.55 Å². The van der Waals surface area contributed by atoms with E-state index >= 15 is 0 Å².